The van der Waals surface area contributed by atoms with Crippen molar-refractivity contribution >= 4 is 6.29 Å². The van der Waals surface area contributed by atoms with E-state index in [-0.39, 0.29) is 0 Å². The van der Waals surface area contributed by atoms with E-state index >= 15 is 0 Å². The van der Waals surface area contributed by atoms with Gasteiger partial charge in [0.25, 0.3) is 0 Å². The number of aldehydes is 1. The third-order valence-corrected chi connectivity index (χ3v) is 4.63. The number of carbonyl (C=O) groups excluding carboxylic acids is 1. The number of benzene rings is 3. The van der Waals surface area contributed by atoms with Gasteiger partial charge in [-0.25, -0.2) is 0 Å². The van der Waals surface area contributed by atoms with E-state index in [1.54, 1.807) is 0 Å². The van der Waals surface area contributed by atoms with Gasteiger partial charge >= 0.3 is 0 Å². The molecule has 3 aromatic carbocycles. The molecule has 0 saturated carbocycles. The minimum Gasteiger partial charge on any atom is -0.489 e. The molecule has 0 radical (unpaired) electrons. The maximum Gasteiger partial charge on any atom is 0.124 e. The van der Waals surface area contributed by atoms with Crippen LogP contribution < -0.4 is 10.5 Å². The fraction of sp³-hybridized carbons (Fsp3) is 0.240. The van der Waals surface area contributed by atoms with Crippen LogP contribution in [0, 0.1) is 0 Å². The Morgan fingerprint density at radius 3 is 2.34 bits per heavy atom. The molecule has 29 heavy (non-hydrogen) atoms. The van der Waals surface area contributed by atoms with Crippen LogP contribution >= 0.6 is 0 Å². The lowest BCUT2D eigenvalue weighted by molar-refractivity contribution is -0.107. The minimum absolute atomic E-state index is 0.363. The van der Waals surface area contributed by atoms with Crippen LogP contribution in [0.3, 0.4) is 0 Å². The summed E-state index contributed by atoms with van der Waals surface area (Å²) < 4.78 is 6.03. The Hall–Kier alpha value is -2.95. The highest BCUT2D eigenvalue weighted by Crippen LogP contribution is 2.25. The lowest BCUT2D eigenvalue weighted by Crippen LogP contribution is -2.01. The van der Waals surface area contributed by atoms with Gasteiger partial charge in [0.15, 0.2) is 0 Å². The van der Waals surface area contributed by atoms with Crippen LogP contribution in [0.25, 0.3) is 11.1 Å². The lowest BCUT2D eigenvalue weighted by Gasteiger charge is -2.13. The molecule has 0 aliphatic heterocycles. The van der Waals surface area contributed by atoms with Crippen LogP contribution in [0.1, 0.15) is 29.2 Å². The average Bonchev–Trinajstić information content (AvgIpc) is 2.80. The number of hydrogen-bond acceptors (Lipinski definition) is 4. The number of aliphatic hydroxyl groups excluding tert-OH is 1. The molecule has 0 saturated heterocycles. The molecule has 0 aliphatic rings. The minimum atomic E-state index is 0.363. The van der Waals surface area contributed by atoms with Crippen LogP contribution in [0.15, 0.2) is 66.7 Å². The van der Waals surface area contributed by atoms with Crippen LogP contribution in [-0.2, 0) is 30.8 Å². The molecule has 0 fully saturated rings. The molecule has 0 aliphatic carbocycles. The highest BCUT2D eigenvalue weighted by atomic mass is 16.5. The fourth-order valence-corrected chi connectivity index (χ4v) is 3.16. The van der Waals surface area contributed by atoms with Crippen molar-refractivity contribution in [1.29, 1.82) is 0 Å². The summed E-state index contributed by atoms with van der Waals surface area (Å²) in [4.78, 5) is 10.9. The van der Waals surface area contributed by atoms with Crippen molar-refractivity contribution in [3.05, 3.63) is 89.0 Å². The summed E-state index contributed by atoms with van der Waals surface area (Å²) in [5.41, 5.74) is 12.5. The molecule has 0 aromatic heterocycles. The molecule has 0 atom stereocenters. The number of carbonyl (C=O) groups is 1. The van der Waals surface area contributed by atoms with Crippen molar-refractivity contribution in [3.8, 4) is 16.9 Å². The zero-order valence-corrected chi connectivity index (χ0v) is 17.1. The van der Waals surface area contributed by atoms with Crippen LogP contribution in [0.2, 0.25) is 0 Å². The van der Waals surface area contributed by atoms with Gasteiger partial charge in [-0.15, -0.1) is 0 Å². The van der Waals surface area contributed by atoms with E-state index in [9.17, 15) is 4.79 Å². The molecule has 4 heteroatoms. The van der Waals surface area contributed by atoms with E-state index in [4.69, 9.17) is 15.6 Å². The Bertz CT molecular complexity index is 921. The monoisotopic (exact) mass is 391 g/mol. The van der Waals surface area contributed by atoms with Crippen molar-refractivity contribution in [3.63, 3.8) is 0 Å². The second-order valence-corrected chi connectivity index (χ2v) is 6.56. The van der Waals surface area contributed by atoms with Gasteiger partial charge < -0.3 is 20.4 Å². The van der Waals surface area contributed by atoms with Gasteiger partial charge in [-0.2, -0.15) is 0 Å². The Balaban J connectivity index is 0.00000145. The SMILES string of the molecule is CCc1cc(COc2ccccc2CC=O)cc(-c2cccc(CN)c2)c1.CO. The van der Waals surface area contributed by atoms with Gasteiger partial charge in [0, 0.05) is 25.6 Å². The molecule has 0 spiro atoms. The molecule has 3 N–H and O–H groups in total. The third-order valence-electron chi connectivity index (χ3n) is 4.63. The van der Waals surface area contributed by atoms with E-state index in [1.807, 2.05) is 36.4 Å². The summed E-state index contributed by atoms with van der Waals surface area (Å²) in [6.07, 6.45) is 2.23. The van der Waals surface area contributed by atoms with Crippen LogP contribution in [0.5, 0.6) is 5.75 Å². The molecule has 0 unspecified atom stereocenters. The zero-order valence-electron chi connectivity index (χ0n) is 17.1. The van der Waals surface area contributed by atoms with Crippen molar-refractivity contribution in [2.24, 2.45) is 5.73 Å². The topological polar surface area (TPSA) is 72.5 Å². The molecule has 3 rings (SSSR count). The van der Waals surface area contributed by atoms with Gasteiger partial charge in [0.1, 0.15) is 18.6 Å². The fourth-order valence-electron chi connectivity index (χ4n) is 3.16. The molecule has 0 amide bonds. The highest BCUT2D eigenvalue weighted by Gasteiger charge is 2.07. The number of rotatable bonds is 8. The van der Waals surface area contributed by atoms with Crippen molar-refractivity contribution in [2.45, 2.75) is 32.9 Å². The Morgan fingerprint density at radius 1 is 0.897 bits per heavy atom. The van der Waals surface area contributed by atoms with Gasteiger partial charge in [0.2, 0.25) is 0 Å². The molecule has 0 bridgehead atoms. The predicted octanol–water partition coefficient (Wildman–Crippen LogP) is 4.30. The first-order valence-corrected chi connectivity index (χ1v) is 9.74. The number of hydrogen-bond donors (Lipinski definition) is 2. The Morgan fingerprint density at radius 2 is 1.62 bits per heavy atom. The van der Waals surface area contributed by atoms with Gasteiger partial charge in [-0.3, -0.25) is 0 Å². The summed E-state index contributed by atoms with van der Waals surface area (Å²) in [5.74, 6) is 0.762. The quantitative estimate of drug-likeness (QED) is 0.562. The lowest BCUT2D eigenvalue weighted by atomic mass is 9.97. The molecular weight excluding hydrogens is 362 g/mol. The van der Waals surface area contributed by atoms with Crippen molar-refractivity contribution < 1.29 is 14.6 Å². The highest BCUT2D eigenvalue weighted by molar-refractivity contribution is 5.66. The summed E-state index contributed by atoms with van der Waals surface area (Å²) in [6.45, 7) is 3.15. The van der Waals surface area contributed by atoms with Gasteiger partial charge in [-0.1, -0.05) is 55.5 Å². The third kappa shape index (κ3) is 6.28. The van der Waals surface area contributed by atoms with E-state index in [1.165, 1.54) is 11.1 Å². The molecule has 4 nitrogen and oxygen atoms in total. The Labute approximate surface area is 173 Å². The second-order valence-electron chi connectivity index (χ2n) is 6.56. The smallest absolute Gasteiger partial charge is 0.124 e. The first kappa shape index (κ1) is 22.3. The summed E-state index contributed by atoms with van der Waals surface area (Å²) in [6, 6.07) is 22.6. The molecule has 0 heterocycles. The normalized spacial score (nSPS) is 10.1. The standard InChI is InChI=1S/C24H25NO2.CH4O/c1-2-18-12-20(17-27-24-9-4-3-7-21(24)10-11-26)15-23(13-18)22-8-5-6-19(14-22)16-25;1-2/h3-9,11-15H,2,10,16-17,25H2,1H3;2H,1H3. The summed E-state index contributed by atoms with van der Waals surface area (Å²) in [5, 5.41) is 7.00. The first-order valence-electron chi connectivity index (χ1n) is 9.74. The Kier molecular flexibility index (Phi) is 9.09. The number of ether oxygens (including phenoxy) is 1. The molecular formula is C25H29NO3. The molecule has 152 valence electrons. The zero-order chi connectivity index (χ0) is 21.1. The van der Waals surface area contributed by atoms with E-state index in [2.05, 4.69) is 37.3 Å². The van der Waals surface area contributed by atoms with Crippen molar-refractivity contribution in [2.75, 3.05) is 7.11 Å². The summed E-state index contributed by atoms with van der Waals surface area (Å²) in [7, 11) is 1.00. The summed E-state index contributed by atoms with van der Waals surface area (Å²) >= 11 is 0. The number of nitrogens with two attached hydrogens (primary N) is 1. The average molecular weight is 392 g/mol. The van der Waals surface area contributed by atoms with Gasteiger partial charge in [-0.05, 0) is 52.4 Å². The number of aryl methyl sites for hydroxylation is 1. The maximum absolute atomic E-state index is 10.9. The van der Waals surface area contributed by atoms with E-state index in [0.717, 1.165) is 47.8 Å². The maximum atomic E-state index is 10.9. The number of para-hydroxylation sites is 1. The van der Waals surface area contributed by atoms with Crippen LogP contribution in [0.4, 0.5) is 0 Å². The molecule has 3 aromatic rings. The second kappa shape index (κ2) is 11.8. The van der Waals surface area contributed by atoms with E-state index in [0.29, 0.717) is 19.6 Å². The van der Waals surface area contributed by atoms with Crippen LogP contribution in [-0.4, -0.2) is 18.5 Å². The first-order chi connectivity index (χ1) is 14.2. The van der Waals surface area contributed by atoms with Crippen molar-refractivity contribution in [1.82, 2.24) is 0 Å². The van der Waals surface area contributed by atoms with Gasteiger partial charge in [0.05, 0.1) is 0 Å². The largest absolute Gasteiger partial charge is 0.489 e. The predicted molar refractivity (Wildman–Crippen MR) is 118 cm³/mol. The van der Waals surface area contributed by atoms with E-state index < -0.39 is 0 Å². The number of aliphatic hydroxyl groups is 1.